The highest BCUT2D eigenvalue weighted by molar-refractivity contribution is 7.99. The van der Waals surface area contributed by atoms with Gasteiger partial charge in [-0.1, -0.05) is 13.3 Å². The highest BCUT2D eigenvalue weighted by Crippen LogP contribution is 2.41. The molecule has 0 saturated heterocycles. The maximum Gasteiger partial charge on any atom is 0.245 e. The van der Waals surface area contributed by atoms with E-state index in [1.165, 1.54) is 19.2 Å². The number of anilines is 1. The standard InChI is InChI=1S/C13H19N5OS/c1-3-20-9-6-4-5-8(9)18-11-10(17-13(18)14)12(19-2)16-7-15-11/h7-9H,3-6H2,1-2H3,(H2,14,17). The number of nitrogens with zero attached hydrogens (tertiary/aromatic N) is 4. The second kappa shape index (κ2) is 5.47. The predicted molar refractivity (Wildman–Crippen MR) is 81.1 cm³/mol. The van der Waals surface area contributed by atoms with Gasteiger partial charge in [0.15, 0.2) is 11.2 Å². The van der Waals surface area contributed by atoms with Crippen molar-refractivity contribution >= 4 is 28.9 Å². The topological polar surface area (TPSA) is 78.9 Å². The van der Waals surface area contributed by atoms with Gasteiger partial charge in [-0.3, -0.25) is 4.57 Å². The Labute approximate surface area is 122 Å². The van der Waals surface area contributed by atoms with Crippen molar-refractivity contribution in [2.75, 3.05) is 18.6 Å². The van der Waals surface area contributed by atoms with Crippen LogP contribution in [-0.4, -0.2) is 37.6 Å². The molecule has 20 heavy (non-hydrogen) atoms. The van der Waals surface area contributed by atoms with Crippen molar-refractivity contribution in [3.8, 4) is 5.88 Å². The van der Waals surface area contributed by atoms with Crippen LogP contribution in [0.5, 0.6) is 5.88 Å². The average Bonchev–Trinajstić information content (AvgIpc) is 3.01. The molecule has 2 aromatic heterocycles. The Kier molecular flexibility index (Phi) is 3.69. The molecule has 2 atom stereocenters. The fraction of sp³-hybridized carbons (Fsp3) is 0.615. The lowest BCUT2D eigenvalue weighted by molar-refractivity contribution is 0.401. The summed E-state index contributed by atoms with van der Waals surface area (Å²) in [6.45, 7) is 2.20. The van der Waals surface area contributed by atoms with Gasteiger partial charge in [0.25, 0.3) is 0 Å². The van der Waals surface area contributed by atoms with Gasteiger partial charge in [-0.05, 0) is 18.6 Å². The molecule has 6 nitrogen and oxygen atoms in total. The third kappa shape index (κ3) is 2.09. The lowest BCUT2D eigenvalue weighted by Gasteiger charge is -2.21. The zero-order valence-corrected chi connectivity index (χ0v) is 12.6. The van der Waals surface area contributed by atoms with E-state index in [-0.39, 0.29) is 0 Å². The summed E-state index contributed by atoms with van der Waals surface area (Å²) in [4.78, 5) is 12.9. The molecule has 0 aromatic carbocycles. The van der Waals surface area contributed by atoms with Crippen molar-refractivity contribution in [1.29, 1.82) is 0 Å². The van der Waals surface area contributed by atoms with Gasteiger partial charge in [0, 0.05) is 5.25 Å². The van der Waals surface area contributed by atoms with Gasteiger partial charge in [-0.2, -0.15) is 16.7 Å². The molecule has 1 saturated carbocycles. The molecule has 0 amide bonds. The smallest absolute Gasteiger partial charge is 0.245 e. The second-order valence-electron chi connectivity index (χ2n) is 4.89. The fourth-order valence-electron chi connectivity index (χ4n) is 2.99. The van der Waals surface area contributed by atoms with E-state index in [0.717, 1.165) is 17.8 Å². The molecule has 1 aliphatic carbocycles. The van der Waals surface area contributed by atoms with E-state index in [2.05, 4.69) is 26.4 Å². The van der Waals surface area contributed by atoms with Gasteiger partial charge in [0.1, 0.15) is 6.33 Å². The number of aromatic nitrogens is 4. The monoisotopic (exact) mass is 293 g/mol. The maximum atomic E-state index is 6.13. The zero-order valence-electron chi connectivity index (χ0n) is 11.7. The predicted octanol–water partition coefficient (Wildman–Crippen LogP) is 2.26. The number of methoxy groups -OCH3 is 1. The van der Waals surface area contributed by atoms with Crippen LogP contribution in [0.1, 0.15) is 32.2 Å². The number of hydrogen-bond acceptors (Lipinski definition) is 6. The Morgan fingerprint density at radius 3 is 3.05 bits per heavy atom. The van der Waals surface area contributed by atoms with E-state index < -0.39 is 0 Å². The van der Waals surface area contributed by atoms with Crippen LogP contribution in [0.3, 0.4) is 0 Å². The van der Waals surface area contributed by atoms with Gasteiger partial charge in [0.2, 0.25) is 11.8 Å². The Morgan fingerprint density at radius 1 is 1.45 bits per heavy atom. The highest BCUT2D eigenvalue weighted by atomic mass is 32.2. The summed E-state index contributed by atoms with van der Waals surface area (Å²) in [6, 6.07) is 0.365. The Hall–Kier alpha value is -1.50. The minimum atomic E-state index is 0.365. The van der Waals surface area contributed by atoms with Crippen LogP contribution in [0.15, 0.2) is 6.33 Å². The minimum absolute atomic E-state index is 0.365. The normalized spacial score (nSPS) is 22.5. The number of hydrogen-bond donors (Lipinski definition) is 1. The molecule has 3 rings (SSSR count). The molecule has 1 aliphatic rings. The summed E-state index contributed by atoms with van der Waals surface area (Å²) in [6.07, 6.45) is 5.09. The average molecular weight is 293 g/mol. The number of fused-ring (bicyclic) bond motifs is 1. The van der Waals surface area contributed by atoms with E-state index >= 15 is 0 Å². The molecule has 2 N–H and O–H groups in total. The van der Waals surface area contributed by atoms with Crippen LogP contribution in [0, 0.1) is 0 Å². The van der Waals surface area contributed by atoms with Crippen LogP contribution in [0.25, 0.3) is 11.2 Å². The SMILES string of the molecule is CCSC1CCCC1n1c(N)nc2c(OC)ncnc21. The van der Waals surface area contributed by atoms with Gasteiger partial charge in [0.05, 0.1) is 13.2 Å². The largest absolute Gasteiger partial charge is 0.479 e. The Bertz CT molecular complexity index is 614. The van der Waals surface area contributed by atoms with Gasteiger partial charge in [-0.15, -0.1) is 0 Å². The fourth-order valence-corrected chi connectivity index (χ4v) is 4.23. The third-order valence-electron chi connectivity index (χ3n) is 3.79. The van der Waals surface area contributed by atoms with Crippen LogP contribution in [-0.2, 0) is 0 Å². The van der Waals surface area contributed by atoms with Crippen molar-refractivity contribution in [3.63, 3.8) is 0 Å². The molecule has 1 fully saturated rings. The molecule has 7 heteroatoms. The van der Waals surface area contributed by atoms with Crippen molar-refractivity contribution in [2.45, 2.75) is 37.5 Å². The first kappa shape index (κ1) is 13.5. The Balaban J connectivity index is 2.09. The molecule has 0 radical (unpaired) electrons. The first-order valence-electron chi connectivity index (χ1n) is 6.90. The van der Waals surface area contributed by atoms with Gasteiger partial charge < -0.3 is 10.5 Å². The lowest BCUT2D eigenvalue weighted by atomic mass is 10.2. The summed E-state index contributed by atoms with van der Waals surface area (Å²) in [5, 5.41) is 0.584. The molecular formula is C13H19N5OS. The Morgan fingerprint density at radius 2 is 2.30 bits per heavy atom. The molecule has 108 valence electrons. The van der Waals surface area contributed by atoms with E-state index in [1.807, 2.05) is 11.8 Å². The van der Waals surface area contributed by atoms with Crippen LogP contribution < -0.4 is 10.5 Å². The van der Waals surface area contributed by atoms with Crippen LogP contribution in [0.2, 0.25) is 0 Å². The molecule has 2 unspecified atom stereocenters. The van der Waals surface area contributed by atoms with Gasteiger partial charge >= 0.3 is 0 Å². The number of imidazole rings is 1. The lowest BCUT2D eigenvalue weighted by Crippen LogP contribution is -2.18. The van der Waals surface area contributed by atoms with E-state index in [4.69, 9.17) is 10.5 Å². The van der Waals surface area contributed by atoms with Gasteiger partial charge in [-0.25, -0.2) is 9.97 Å². The summed E-state index contributed by atoms with van der Waals surface area (Å²) < 4.78 is 7.31. The number of thioether (sulfide) groups is 1. The molecule has 0 bridgehead atoms. The highest BCUT2D eigenvalue weighted by Gasteiger charge is 2.32. The summed E-state index contributed by atoms with van der Waals surface area (Å²) in [5.41, 5.74) is 7.57. The molecule has 0 spiro atoms. The van der Waals surface area contributed by atoms with E-state index in [0.29, 0.717) is 28.6 Å². The number of ether oxygens (including phenoxy) is 1. The molecule has 2 aromatic rings. The first-order chi connectivity index (χ1) is 9.76. The van der Waals surface area contributed by atoms with Crippen molar-refractivity contribution < 1.29 is 4.74 Å². The summed E-state index contributed by atoms with van der Waals surface area (Å²) in [7, 11) is 1.59. The molecule has 2 heterocycles. The summed E-state index contributed by atoms with van der Waals surface area (Å²) >= 11 is 1.99. The summed E-state index contributed by atoms with van der Waals surface area (Å²) in [5.74, 6) is 2.11. The number of nitrogen functional groups attached to an aromatic ring is 1. The minimum Gasteiger partial charge on any atom is -0.479 e. The van der Waals surface area contributed by atoms with Crippen LogP contribution in [0.4, 0.5) is 5.95 Å². The van der Waals surface area contributed by atoms with Crippen molar-refractivity contribution in [2.24, 2.45) is 0 Å². The van der Waals surface area contributed by atoms with Crippen molar-refractivity contribution in [1.82, 2.24) is 19.5 Å². The van der Waals surface area contributed by atoms with E-state index in [9.17, 15) is 0 Å². The number of rotatable bonds is 4. The molecular weight excluding hydrogens is 274 g/mol. The second-order valence-corrected chi connectivity index (χ2v) is 6.40. The number of nitrogens with two attached hydrogens (primary N) is 1. The maximum absolute atomic E-state index is 6.13. The zero-order chi connectivity index (χ0) is 14.1. The first-order valence-corrected chi connectivity index (χ1v) is 7.95. The molecule has 0 aliphatic heterocycles. The van der Waals surface area contributed by atoms with Crippen molar-refractivity contribution in [3.05, 3.63) is 6.33 Å². The van der Waals surface area contributed by atoms with Crippen LogP contribution >= 0.6 is 11.8 Å². The van der Waals surface area contributed by atoms with E-state index in [1.54, 1.807) is 7.11 Å². The quantitative estimate of drug-likeness (QED) is 0.931. The third-order valence-corrected chi connectivity index (χ3v) is 5.11.